The molecule has 0 spiro atoms. The van der Waals surface area contributed by atoms with Gasteiger partial charge in [-0.25, -0.2) is 9.97 Å². The van der Waals surface area contributed by atoms with Crippen LogP contribution in [0.2, 0.25) is 10.0 Å². The van der Waals surface area contributed by atoms with Crippen molar-refractivity contribution in [2.24, 2.45) is 0 Å². The molecule has 0 saturated heterocycles. The van der Waals surface area contributed by atoms with E-state index in [1.54, 1.807) is 24.3 Å². The Bertz CT molecular complexity index is 649. The van der Waals surface area contributed by atoms with Gasteiger partial charge in [0.1, 0.15) is 17.8 Å². The van der Waals surface area contributed by atoms with Gasteiger partial charge in [0.15, 0.2) is 0 Å². The minimum absolute atomic E-state index is 0.232. The van der Waals surface area contributed by atoms with Crippen molar-refractivity contribution in [2.45, 2.75) is 13.3 Å². The second-order valence-electron chi connectivity index (χ2n) is 4.29. The molecule has 1 heterocycles. The summed E-state index contributed by atoms with van der Waals surface area (Å²) in [4.78, 5) is 19.9. The Kier molecular flexibility index (Phi) is 5.36. The molecule has 0 bridgehead atoms. The highest BCUT2D eigenvalue weighted by Crippen LogP contribution is 2.27. The monoisotopic (exact) mass is 324 g/mol. The minimum Gasteiger partial charge on any atom is -0.351 e. The molecule has 0 fully saturated rings. The zero-order valence-corrected chi connectivity index (χ0v) is 12.9. The van der Waals surface area contributed by atoms with Crippen LogP contribution in [0.15, 0.2) is 30.6 Å². The molecule has 110 valence electrons. The quantitative estimate of drug-likeness (QED) is 0.880. The standard InChI is InChI=1S/C14H14Cl2N4O/c1-2-5-17-14(21)12-7-13(19-8-18-12)20-11-4-3-9(15)6-10(11)16/h3-4,6-8H,2,5H2,1H3,(H,17,21)(H,18,19,20). The predicted octanol–water partition coefficient (Wildman–Crippen LogP) is 3.67. The fraction of sp³-hybridized carbons (Fsp3) is 0.214. The number of amides is 1. The molecule has 0 atom stereocenters. The first-order chi connectivity index (χ1) is 10.1. The van der Waals surface area contributed by atoms with Crippen LogP contribution in [0.5, 0.6) is 0 Å². The van der Waals surface area contributed by atoms with Gasteiger partial charge in [-0.15, -0.1) is 0 Å². The molecule has 5 nitrogen and oxygen atoms in total. The number of carbonyl (C=O) groups excluding carboxylic acids is 1. The second-order valence-corrected chi connectivity index (χ2v) is 5.14. The van der Waals surface area contributed by atoms with Crippen molar-refractivity contribution in [1.29, 1.82) is 0 Å². The van der Waals surface area contributed by atoms with Gasteiger partial charge in [0.05, 0.1) is 10.7 Å². The first-order valence-corrected chi connectivity index (χ1v) is 7.18. The number of halogens is 2. The lowest BCUT2D eigenvalue weighted by molar-refractivity contribution is 0.0948. The van der Waals surface area contributed by atoms with Gasteiger partial charge in [-0.1, -0.05) is 30.1 Å². The van der Waals surface area contributed by atoms with Crippen LogP contribution in [-0.4, -0.2) is 22.4 Å². The fourth-order valence-corrected chi connectivity index (χ4v) is 2.06. The van der Waals surface area contributed by atoms with Crippen LogP contribution in [0.3, 0.4) is 0 Å². The highest BCUT2D eigenvalue weighted by molar-refractivity contribution is 6.36. The van der Waals surface area contributed by atoms with Crippen molar-refractivity contribution in [1.82, 2.24) is 15.3 Å². The first-order valence-electron chi connectivity index (χ1n) is 6.42. The molecule has 0 aliphatic carbocycles. The second kappa shape index (κ2) is 7.24. The van der Waals surface area contributed by atoms with Gasteiger partial charge in [0, 0.05) is 17.6 Å². The van der Waals surface area contributed by atoms with E-state index in [2.05, 4.69) is 20.6 Å². The summed E-state index contributed by atoms with van der Waals surface area (Å²) in [6.45, 7) is 2.59. The number of benzene rings is 1. The summed E-state index contributed by atoms with van der Waals surface area (Å²) in [7, 11) is 0. The molecule has 1 amide bonds. The van der Waals surface area contributed by atoms with E-state index in [0.29, 0.717) is 33.8 Å². The summed E-state index contributed by atoms with van der Waals surface area (Å²) < 4.78 is 0. The molecule has 21 heavy (non-hydrogen) atoms. The van der Waals surface area contributed by atoms with E-state index in [9.17, 15) is 4.79 Å². The molecule has 0 aliphatic heterocycles. The lowest BCUT2D eigenvalue weighted by atomic mass is 10.3. The largest absolute Gasteiger partial charge is 0.351 e. The minimum atomic E-state index is -0.232. The third-order valence-electron chi connectivity index (χ3n) is 2.63. The van der Waals surface area contributed by atoms with Crippen LogP contribution in [0.1, 0.15) is 23.8 Å². The van der Waals surface area contributed by atoms with Gasteiger partial charge in [0.25, 0.3) is 5.91 Å². The SMILES string of the molecule is CCCNC(=O)c1cc(Nc2ccc(Cl)cc2Cl)ncn1. The number of hydrogen-bond donors (Lipinski definition) is 2. The molecule has 7 heteroatoms. The molecule has 2 rings (SSSR count). The highest BCUT2D eigenvalue weighted by Gasteiger charge is 2.09. The van der Waals surface area contributed by atoms with E-state index in [1.165, 1.54) is 6.33 Å². The van der Waals surface area contributed by atoms with E-state index in [1.807, 2.05) is 6.92 Å². The summed E-state index contributed by atoms with van der Waals surface area (Å²) >= 11 is 11.9. The van der Waals surface area contributed by atoms with Crippen LogP contribution in [0.4, 0.5) is 11.5 Å². The average Bonchev–Trinajstić information content (AvgIpc) is 2.48. The van der Waals surface area contributed by atoms with Crippen molar-refractivity contribution in [3.8, 4) is 0 Å². The summed E-state index contributed by atoms with van der Waals surface area (Å²) in [5.41, 5.74) is 0.950. The maximum Gasteiger partial charge on any atom is 0.270 e. The number of anilines is 2. The Balaban J connectivity index is 2.15. The lowest BCUT2D eigenvalue weighted by Gasteiger charge is -2.09. The maximum atomic E-state index is 11.8. The van der Waals surface area contributed by atoms with E-state index in [4.69, 9.17) is 23.2 Å². The fourth-order valence-electron chi connectivity index (χ4n) is 1.61. The van der Waals surface area contributed by atoms with Crippen LogP contribution >= 0.6 is 23.2 Å². The van der Waals surface area contributed by atoms with Crippen LogP contribution in [-0.2, 0) is 0 Å². The van der Waals surface area contributed by atoms with Crippen molar-refractivity contribution >= 4 is 40.6 Å². The Morgan fingerprint density at radius 2 is 2.05 bits per heavy atom. The van der Waals surface area contributed by atoms with Crippen molar-refractivity contribution in [3.63, 3.8) is 0 Å². The molecule has 0 saturated carbocycles. The van der Waals surface area contributed by atoms with Crippen LogP contribution < -0.4 is 10.6 Å². The molecule has 1 aromatic carbocycles. The van der Waals surface area contributed by atoms with E-state index in [0.717, 1.165) is 6.42 Å². The first kappa shape index (κ1) is 15.5. The highest BCUT2D eigenvalue weighted by atomic mass is 35.5. The molecule has 1 aromatic heterocycles. The van der Waals surface area contributed by atoms with Crippen molar-refractivity contribution < 1.29 is 4.79 Å². The lowest BCUT2D eigenvalue weighted by Crippen LogP contribution is -2.25. The van der Waals surface area contributed by atoms with Gasteiger partial charge in [-0.2, -0.15) is 0 Å². The summed E-state index contributed by atoms with van der Waals surface area (Å²) in [6.07, 6.45) is 2.19. The van der Waals surface area contributed by atoms with Crippen LogP contribution in [0.25, 0.3) is 0 Å². The number of aromatic nitrogens is 2. The maximum absolute atomic E-state index is 11.8. The van der Waals surface area contributed by atoms with Gasteiger partial charge < -0.3 is 10.6 Å². The summed E-state index contributed by atoms with van der Waals surface area (Å²) in [5.74, 6) is 0.250. The van der Waals surface area contributed by atoms with E-state index < -0.39 is 0 Å². The smallest absolute Gasteiger partial charge is 0.270 e. The van der Waals surface area contributed by atoms with E-state index in [-0.39, 0.29) is 5.91 Å². The van der Waals surface area contributed by atoms with Crippen LogP contribution in [0, 0.1) is 0 Å². The number of nitrogens with one attached hydrogen (secondary N) is 2. The molecule has 0 radical (unpaired) electrons. The molecule has 0 unspecified atom stereocenters. The molecule has 0 aliphatic rings. The number of rotatable bonds is 5. The Hall–Kier alpha value is -1.85. The third kappa shape index (κ3) is 4.31. The Labute approximate surface area is 132 Å². The van der Waals surface area contributed by atoms with E-state index >= 15 is 0 Å². The Morgan fingerprint density at radius 3 is 2.76 bits per heavy atom. The van der Waals surface area contributed by atoms with Crippen molar-refractivity contribution in [2.75, 3.05) is 11.9 Å². The number of carbonyl (C=O) groups is 1. The molecular weight excluding hydrogens is 311 g/mol. The van der Waals surface area contributed by atoms with Gasteiger partial charge in [0.2, 0.25) is 0 Å². The Morgan fingerprint density at radius 1 is 1.24 bits per heavy atom. The molecule has 2 N–H and O–H groups in total. The summed E-state index contributed by atoms with van der Waals surface area (Å²) in [5, 5.41) is 6.81. The third-order valence-corrected chi connectivity index (χ3v) is 3.18. The predicted molar refractivity (Wildman–Crippen MR) is 84.4 cm³/mol. The van der Waals surface area contributed by atoms with Gasteiger partial charge in [-0.3, -0.25) is 4.79 Å². The zero-order valence-electron chi connectivity index (χ0n) is 11.4. The number of nitrogens with zero attached hydrogens (tertiary/aromatic N) is 2. The summed E-state index contributed by atoms with van der Waals surface area (Å²) in [6, 6.07) is 6.65. The zero-order chi connectivity index (χ0) is 15.2. The molecular formula is C14H14Cl2N4O. The van der Waals surface area contributed by atoms with Gasteiger partial charge in [-0.05, 0) is 24.6 Å². The average molecular weight is 325 g/mol. The van der Waals surface area contributed by atoms with Crippen molar-refractivity contribution in [3.05, 3.63) is 46.3 Å². The van der Waals surface area contributed by atoms with Gasteiger partial charge >= 0.3 is 0 Å². The normalized spacial score (nSPS) is 10.2. The molecule has 2 aromatic rings. The number of hydrogen-bond acceptors (Lipinski definition) is 4. The topological polar surface area (TPSA) is 66.9 Å².